The van der Waals surface area contributed by atoms with E-state index >= 15 is 0 Å². The van der Waals surface area contributed by atoms with Gasteiger partial charge in [0.05, 0.1) is 5.41 Å². The van der Waals surface area contributed by atoms with Crippen molar-refractivity contribution in [3.05, 3.63) is 35.9 Å². The van der Waals surface area contributed by atoms with Gasteiger partial charge < -0.3 is 10.6 Å². The van der Waals surface area contributed by atoms with E-state index in [2.05, 4.69) is 47.9 Å². The van der Waals surface area contributed by atoms with E-state index in [4.69, 9.17) is 0 Å². The summed E-state index contributed by atoms with van der Waals surface area (Å²) < 4.78 is 0. The van der Waals surface area contributed by atoms with Crippen LogP contribution in [0.25, 0.3) is 0 Å². The number of rotatable bonds is 5. The van der Waals surface area contributed by atoms with Gasteiger partial charge in [0.2, 0.25) is 5.91 Å². The summed E-state index contributed by atoms with van der Waals surface area (Å²) in [6, 6.07) is 11.6. The van der Waals surface area contributed by atoms with E-state index < -0.39 is 0 Å². The fourth-order valence-corrected chi connectivity index (χ4v) is 8.12. The van der Waals surface area contributed by atoms with E-state index in [-0.39, 0.29) is 10.8 Å². The Kier molecular flexibility index (Phi) is 4.58. The number of carbonyl (C=O) groups excluding carboxylic acids is 1. The normalized spacial score (nSPS) is 39.8. The average Bonchev–Trinajstić information content (AvgIpc) is 2.68. The molecule has 3 heteroatoms. The zero-order chi connectivity index (χ0) is 19.2. The van der Waals surface area contributed by atoms with Gasteiger partial charge in [-0.2, -0.15) is 0 Å². The van der Waals surface area contributed by atoms with Crippen LogP contribution in [0, 0.1) is 16.7 Å². The molecule has 2 unspecified atom stereocenters. The molecule has 5 aliphatic rings. The summed E-state index contributed by atoms with van der Waals surface area (Å²) in [5.74, 6) is 1.12. The summed E-state index contributed by atoms with van der Waals surface area (Å²) >= 11 is 0. The van der Waals surface area contributed by atoms with Crippen LogP contribution in [0.3, 0.4) is 0 Å². The Morgan fingerprint density at radius 3 is 2.61 bits per heavy atom. The van der Waals surface area contributed by atoms with Crippen molar-refractivity contribution in [3.63, 3.8) is 0 Å². The number of hydrogen-bond donors (Lipinski definition) is 2. The molecule has 5 fully saturated rings. The van der Waals surface area contributed by atoms with Crippen molar-refractivity contribution in [1.29, 1.82) is 0 Å². The highest BCUT2D eigenvalue weighted by molar-refractivity contribution is 5.84. The Labute approximate surface area is 170 Å². The molecule has 6 rings (SSSR count). The van der Waals surface area contributed by atoms with Crippen LogP contribution >= 0.6 is 0 Å². The standard InChI is InChI=1S/C25H36N2O/c1-2-10-23-13-19-14-24(16-23,20-6-4-3-5-7-20)18-25(15-19,17-23)22(28)27-21-8-11-26-12-9-21/h3-7,19,21,26H,2,8-18H2,1H3,(H,27,28)/t19?,23-,24-,25?/m1/s1. The second-order valence-corrected chi connectivity index (χ2v) is 10.7. The topological polar surface area (TPSA) is 41.1 Å². The molecule has 4 aliphatic carbocycles. The molecule has 4 saturated carbocycles. The molecule has 1 aliphatic heterocycles. The van der Waals surface area contributed by atoms with Crippen molar-refractivity contribution in [3.8, 4) is 0 Å². The summed E-state index contributed by atoms with van der Waals surface area (Å²) in [5, 5.41) is 6.95. The van der Waals surface area contributed by atoms with Gasteiger partial charge in [-0.05, 0) is 93.2 Å². The number of benzene rings is 1. The lowest BCUT2D eigenvalue weighted by atomic mass is 9.37. The Balaban J connectivity index is 1.49. The lowest BCUT2D eigenvalue weighted by Gasteiger charge is -2.66. The van der Waals surface area contributed by atoms with Crippen molar-refractivity contribution in [2.45, 2.75) is 82.6 Å². The summed E-state index contributed by atoms with van der Waals surface area (Å²) in [5.41, 5.74) is 1.98. The van der Waals surface area contributed by atoms with Gasteiger partial charge in [0, 0.05) is 6.04 Å². The Hall–Kier alpha value is -1.35. The van der Waals surface area contributed by atoms with Gasteiger partial charge >= 0.3 is 0 Å². The van der Waals surface area contributed by atoms with E-state index in [1.807, 2.05) is 0 Å². The number of amides is 1. The Morgan fingerprint density at radius 1 is 1.07 bits per heavy atom. The molecular formula is C25H36N2O. The minimum atomic E-state index is -0.130. The molecule has 1 saturated heterocycles. The predicted molar refractivity (Wildman–Crippen MR) is 113 cm³/mol. The molecule has 1 aromatic rings. The molecule has 4 bridgehead atoms. The molecular weight excluding hydrogens is 344 g/mol. The third-order valence-corrected chi connectivity index (χ3v) is 8.51. The average molecular weight is 381 g/mol. The molecule has 28 heavy (non-hydrogen) atoms. The highest BCUT2D eigenvalue weighted by Crippen LogP contribution is 2.71. The first-order valence-electron chi connectivity index (χ1n) is 11.6. The maximum Gasteiger partial charge on any atom is 0.226 e. The second kappa shape index (κ2) is 6.86. The second-order valence-electron chi connectivity index (χ2n) is 10.7. The maximum absolute atomic E-state index is 13.8. The first-order valence-corrected chi connectivity index (χ1v) is 11.6. The van der Waals surface area contributed by atoms with Crippen molar-refractivity contribution in [2.24, 2.45) is 16.7 Å². The van der Waals surface area contributed by atoms with E-state index in [0.717, 1.165) is 51.1 Å². The molecule has 1 heterocycles. The monoisotopic (exact) mass is 380 g/mol. The zero-order valence-corrected chi connectivity index (χ0v) is 17.4. The summed E-state index contributed by atoms with van der Waals surface area (Å²) in [6.07, 6.45) is 12.0. The van der Waals surface area contributed by atoms with Gasteiger partial charge in [-0.15, -0.1) is 0 Å². The quantitative estimate of drug-likeness (QED) is 0.786. The number of hydrogen-bond acceptors (Lipinski definition) is 2. The molecule has 2 N–H and O–H groups in total. The van der Waals surface area contributed by atoms with Gasteiger partial charge in [-0.25, -0.2) is 0 Å². The fraction of sp³-hybridized carbons (Fsp3) is 0.720. The predicted octanol–water partition coefficient (Wildman–Crippen LogP) is 4.56. The van der Waals surface area contributed by atoms with Crippen LogP contribution in [0.5, 0.6) is 0 Å². The van der Waals surface area contributed by atoms with E-state index in [0.29, 0.717) is 17.4 Å². The number of nitrogens with one attached hydrogen (secondary N) is 2. The van der Waals surface area contributed by atoms with Crippen molar-refractivity contribution in [2.75, 3.05) is 13.1 Å². The number of piperidine rings is 1. The molecule has 0 spiro atoms. The zero-order valence-electron chi connectivity index (χ0n) is 17.4. The van der Waals surface area contributed by atoms with E-state index in [9.17, 15) is 4.79 Å². The lowest BCUT2D eigenvalue weighted by molar-refractivity contribution is -0.164. The molecule has 4 atom stereocenters. The molecule has 3 nitrogen and oxygen atoms in total. The van der Waals surface area contributed by atoms with Crippen LogP contribution in [-0.4, -0.2) is 25.0 Å². The van der Waals surface area contributed by atoms with Crippen LogP contribution in [0.1, 0.15) is 76.7 Å². The number of carbonyl (C=O) groups is 1. The highest BCUT2D eigenvalue weighted by atomic mass is 16.2. The SMILES string of the molecule is CCC[C@]12CC3CC(C(=O)NC4CCNCC4)(C1)C[C@@](c1ccccc1)(C3)C2. The van der Waals surface area contributed by atoms with E-state index in [1.165, 1.54) is 37.7 Å². The third kappa shape index (κ3) is 3.01. The van der Waals surface area contributed by atoms with Crippen molar-refractivity contribution >= 4 is 5.91 Å². The lowest BCUT2D eigenvalue weighted by Crippen LogP contribution is -2.63. The first kappa shape index (κ1) is 18.7. The van der Waals surface area contributed by atoms with Crippen molar-refractivity contribution in [1.82, 2.24) is 10.6 Å². The van der Waals surface area contributed by atoms with Gasteiger partial charge in [0.25, 0.3) is 0 Å². The van der Waals surface area contributed by atoms with E-state index in [1.54, 1.807) is 0 Å². The van der Waals surface area contributed by atoms with Gasteiger partial charge in [0.15, 0.2) is 0 Å². The van der Waals surface area contributed by atoms with Crippen LogP contribution < -0.4 is 10.6 Å². The molecule has 152 valence electrons. The molecule has 1 aromatic carbocycles. The van der Waals surface area contributed by atoms with Crippen LogP contribution in [0.2, 0.25) is 0 Å². The minimum Gasteiger partial charge on any atom is -0.353 e. The smallest absolute Gasteiger partial charge is 0.226 e. The first-order chi connectivity index (χ1) is 13.6. The van der Waals surface area contributed by atoms with Gasteiger partial charge in [0.1, 0.15) is 0 Å². The minimum absolute atomic E-state index is 0.130. The highest BCUT2D eigenvalue weighted by Gasteiger charge is 2.65. The van der Waals surface area contributed by atoms with Crippen molar-refractivity contribution < 1.29 is 4.79 Å². The van der Waals surface area contributed by atoms with Crippen LogP contribution in [0.4, 0.5) is 0 Å². The maximum atomic E-state index is 13.8. The largest absolute Gasteiger partial charge is 0.353 e. The van der Waals surface area contributed by atoms with Crippen LogP contribution in [-0.2, 0) is 10.2 Å². The Morgan fingerprint density at radius 2 is 1.86 bits per heavy atom. The summed E-state index contributed by atoms with van der Waals surface area (Å²) in [4.78, 5) is 13.8. The molecule has 1 amide bonds. The third-order valence-electron chi connectivity index (χ3n) is 8.51. The van der Waals surface area contributed by atoms with Gasteiger partial charge in [-0.1, -0.05) is 43.7 Å². The fourth-order valence-electron chi connectivity index (χ4n) is 8.12. The molecule has 0 aromatic heterocycles. The summed E-state index contributed by atoms with van der Waals surface area (Å²) in [7, 11) is 0. The summed E-state index contributed by atoms with van der Waals surface area (Å²) in [6.45, 7) is 4.40. The van der Waals surface area contributed by atoms with Crippen LogP contribution in [0.15, 0.2) is 30.3 Å². The Bertz CT molecular complexity index is 727. The molecule has 0 radical (unpaired) electrons. The van der Waals surface area contributed by atoms with Gasteiger partial charge in [-0.3, -0.25) is 4.79 Å².